The molecule has 1 heterocycles. The lowest BCUT2D eigenvalue weighted by Crippen LogP contribution is -2.03. The Hall–Kier alpha value is -2.26. The Morgan fingerprint density at radius 1 is 0.900 bits per heavy atom. The smallest absolute Gasteiger partial charge is 0.113 e. The van der Waals surface area contributed by atoms with Gasteiger partial charge in [0.1, 0.15) is 5.17 Å². The highest BCUT2D eigenvalue weighted by atomic mass is 35.5. The van der Waals surface area contributed by atoms with Gasteiger partial charge in [-0.3, -0.25) is 4.99 Å². The first-order valence-corrected chi connectivity index (χ1v) is 6.68. The van der Waals surface area contributed by atoms with Crippen LogP contribution in [-0.2, 0) is 0 Å². The Balaban J connectivity index is 1.93. The maximum Gasteiger partial charge on any atom is 0.113 e. The van der Waals surface area contributed by atoms with E-state index in [0.29, 0.717) is 11.6 Å². The van der Waals surface area contributed by atoms with Gasteiger partial charge in [-0.05, 0) is 24.3 Å². The third-order valence-corrected chi connectivity index (χ3v) is 3.05. The lowest BCUT2D eigenvalue weighted by molar-refractivity contribution is 1.47. The van der Waals surface area contributed by atoms with Gasteiger partial charge in [-0.1, -0.05) is 41.9 Å². The molecule has 0 N–H and O–H groups in total. The molecule has 0 fully saturated rings. The third-order valence-electron chi connectivity index (χ3n) is 2.83. The van der Waals surface area contributed by atoms with E-state index in [1.54, 1.807) is 6.21 Å². The van der Waals surface area contributed by atoms with Crippen LogP contribution in [-0.4, -0.2) is 17.1 Å². The number of halogens is 1. The van der Waals surface area contributed by atoms with E-state index in [1.807, 2.05) is 54.6 Å². The summed E-state index contributed by atoms with van der Waals surface area (Å²) in [5, 5.41) is 0.521. The van der Waals surface area contributed by atoms with E-state index in [0.717, 1.165) is 22.8 Å². The van der Waals surface area contributed by atoms with Crippen LogP contribution >= 0.6 is 11.6 Å². The maximum absolute atomic E-state index is 6.13. The SMILES string of the molecule is ClC1=Nc2ccccc2N=C(C=Nc2ccccc2)C1. The molecule has 0 bridgehead atoms. The zero-order valence-electron chi connectivity index (χ0n) is 10.7. The minimum absolute atomic E-state index is 0.493. The van der Waals surface area contributed by atoms with E-state index in [-0.39, 0.29) is 0 Å². The van der Waals surface area contributed by atoms with Crippen molar-refractivity contribution in [3.05, 3.63) is 54.6 Å². The summed E-state index contributed by atoms with van der Waals surface area (Å²) in [4.78, 5) is 13.3. The van der Waals surface area contributed by atoms with Crippen molar-refractivity contribution in [3.8, 4) is 0 Å². The minimum atomic E-state index is 0.493. The fraction of sp³-hybridized carbons (Fsp3) is 0.0625. The van der Waals surface area contributed by atoms with Crippen molar-refractivity contribution < 1.29 is 0 Å². The molecule has 1 aliphatic heterocycles. The Morgan fingerprint density at radius 2 is 1.55 bits per heavy atom. The standard InChI is InChI=1S/C16H12ClN3/c17-16-10-13(11-18-12-6-2-1-3-7-12)19-14-8-4-5-9-15(14)20-16/h1-9,11H,10H2. The van der Waals surface area contributed by atoms with Gasteiger partial charge in [-0.25, -0.2) is 9.98 Å². The highest BCUT2D eigenvalue weighted by Crippen LogP contribution is 2.30. The van der Waals surface area contributed by atoms with Crippen LogP contribution in [0.4, 0.5) is 17.1 Å². The molecule has 0 atom stereocenters. The average Bonchev–Trinajstić information content (AvgIpc) is 2.63. The van der Waals surface area contributed by atoms with Crippen LogP contribution in [0.5, 0.6) is 0 Å². The molecule has 0 aromatic heterocycles. The molecule has 0 unspecified atom stereocenters. The second-order valence-corrected chi connectivity index (χ2v) is 4.79. The molecule has 3 rings (SSSR count). The van der Waals surface area contributed by atoms with E-state index in [4.69, 9.17) is 11.6 Å². The fourth-order valence-corrected chi connectivity index (χ4v) is 2.13. The van der Waals surface area contributed by atoms with Crippen LogP contribution in [0.3, 0.4) is 0 Å². The number of fused-ring (bicyclic) bond motifs is 1. The second kappa shape index (κ2) is 5.80. The van der Waals surface area contributed by atoms with Gasteiger partial charge >= 0.3 is 0 Å². The third kappa shape index (κ3) is 3.00. The number of hydrogen-bond acceptors (Lipinski definition) is 3. The lowest BCUT2D eigenvalue weighted by atomic mass is 10.2. The van der Waals surface area contributed by atoms with Crippen molar-refractivity contribution in [2.45, 2.75) is 6.42 Å². The molecule has 98 valence electrons. The van der Waals surface area contributed by atoms with Crippen LogP contribution in [0.25, 0.3) is 0 Å². The van der Waals surface area contributed by atoms with Crippen LogP contribution in [0, 0.1) is 0 Å². The number of aliphatic imine (C=N–C) groups is 3. The Kier molecular flexibility index (Phi) is 3.70. The Labute approximate surface area is 122 Å². The average molecular weight is 282 g/mol. The van der Waals surface area contributed by atoms with Crippen molar-refractivity contribution >= 4 is 45.8 Å². The summed E-state index contributed by atoms with van der Waals surface area (Å²) in [5.41, 5.74) is 3.30. The number of benzene rings is 2. The van der Waals surface area contributed by atoms with Gasteiger partial charge in [0.25, 0.3) is 0 Å². The quantitative estimate of drug-likeness (QED) is 0.707. The predicted octanol–water partition coefficient (Wildman–Crippen LogP) is 4.83. The Bertz CT molecular complexity index is 703. The molecular formula is C16H12ClN3. The second-order valence-electron chi connectivity index (χ2n) is 4.35. The van der Waals surface area contributed by atoms with Crippen molar-refractivity contribution in [3.63, 3.8) is 0 Å². The highest BCUT2D eigenvalue weighted by Gasteiger charge is 2.09. The molecule has 0 aliphatic carbocycles. The molecule has 0 spiro atoms. The molecular weight excluding hydrogens is 270 g/mol. The molecule has 2 aromatic rings. The van der Waals surface area contributed by atoms with Crippen molar-refractivity contribution in [1.29, 1.82) is 0 Å². The zero-order chi connectivity index (χ0) is 13.8. The first-order valence-electron chi connectivity index (χ1n) is 6.30. The van der Waals surface area contributed by atoms with Crippen molar-refractivity contribution in [1.82, 2.24) is 0 Å². The van der Waals surface area contributed by atoms with Gasteiger partial charge < -0.3 is 0 Å². The predicted molar refractivity (Wildman–Crippen MR) is 85.7 cm³/mol. The van der Waals surface area contributed by atoms with Gasteiger partial charge in [0.2, 0.25) is 0 Å². The van der Waals surface area contributed by atoms with Gasteiger partial charge in [0, 0.05) is 12.6 Å². The molecule has 4 heteroatoms. The highest BCUT2D eigenvalue weighted by molar-refractivity contribution is 6.68. The van der Waals surface area contributed by atoms with Crippen LogP contribution < -0.4 is 0 Å². The minimum Gasteiger partial charge on any atom is -0.255 e. The van der Waals surface area contributed by atoms with E-state index < -0.39 is 0 Å². The van der Waals surface area contributed by atoms with Crippen LogP contribution in [0.15, 0.2) is 69.6 Å². The normalized spacial score (nSPS) is 14.4. The summed E-state index contributed by atoms with van der Waals surface area (Å²) in [6.07, 6.45) is 2.24. The van der Waals surface area contributed by atoms with Gasteiger partial charge in [-0.15, -0.1) is 0 Å². The van der Waals surface area contributed by atoms with Crippen LogP contribution in [0.2, 0.25) is 0 Å². The lowest BCUT2D eigenvalue weighted by Gasteiger charge is -1.97. The Morgan fingerprint density at radius 3 is 2.30 bits per heavy atom. The van der Waals surface area contributed by atoms with Crippen molar-refractivity contribution in [2.75, 3.05) is 0 Å². The van der Waals surface area contributed by atoms with E-state index in [1.165, 1.54) is 0 Å². The molecule has 2 aromatic carbocycles. The van der Waals surface area contributed by atoms with Gasteiger partial charge in [0.15, 0.2) is 0 Å². The number of nitrogens with zero attached hydrogens (tertiary/aromatic N) is 3. The van der Waals surface area contributed by atoms with Crippen LogP contribution in [0.1, 0.15) is 6.42 Å². The fourth-order valence-electron chi connectivity index (χ4n) is 1.90. The first-order chi connectivity index (χ1) is 9.81. The zero-order valence-corrected chi connectivity index (χ0v) is 11.5. The summed E-state index contributed by atoms with van der Waals surface area (Å²) < 4.78 is 0. The first kappa shape index (κ1) is 12.8. The summed E-state index contributed by atoms with van der Waals surface area (Å²) >= 11 is 6.13. The summed E-state index contributed by atoms with van der Waals surface area (Å²) in [7, 11) is 0. The molecule has 20 heavy (non-hydrogen) atoms. The molecule has 1 aliphatic rings. The van der Waals surface area contributed by atoms with E-state index in [2.05, 4.69) is 15.0 Å². The number of para-hydroxylation sites is 3. The molecule has 3 nitrogen and oxygen atoms in total. The summed E-state index contributed by atoms with van der Waals surface area (Å²) in [6.45, 7) is 0. The topological polar surface area (TPSA) is 37.1 Å². The van der Waals surface area contributed by atoms with Crippen molar-refractivity contribution in [2.24, 2.45) is 15.0 Å². The largest absolute Gasteiger partial charge is 0.255 e. The number of hydrogen-bond donors (Lipinski definition) is 0. The number of rotatable bonds is 2. The van der Waals surface area contributed by atoms with Gasteiger partial charge in [-0.2, -0.15) is 0 Å². The summed E-state index contributed by atoms with van der Waals surface area (Å²) in [5.74, 6) is 0. The van der Waals surface area contributed by atoms with E-state index >= 15 is 0 Å². The molecule has 0 saturated carbocycles. The molecule has 0 amide bonds. The summed E-state index contributed by atoms with van der Waals surface area (Å²) in [6, 6.07) is 17.4. The molecule has 0 saturated heterocycles. The van der Waals surface area contributed by atoms with Gasteiger partial charge in [0.05, 0.1) is 22.8 Å². The van der Waals surface area contributed by atoms with E-state index in [9.17, 15) is 0 Å². The molecule has 0 radical (unpaired) electrons. The maximum atomic E-state index is 6.13. The monoisotopic (exact) mass is 281 g/mol.